The summed E-state index contributed by atoms with van der Waals surface area (Å²) in [5.74, 6) is 2.21. The van der Waals surface area contributed by atoms with Crippen LogP contribution in [0.5, 0.6) is 0 Å². The number of rotatable bonds is 2. The Morgan fingerprint density at radius 1 is 1.44 bits per heavy atom. The van der Waals surface area contributed by atoms with Gasteiger partial charge in [0.2, 0.25) is 6.39 Å². The van der Waals surface area contributed by atoms with Crippen LogP contribution in [0.1, 0.15) is 51.8 Å². The Balaban J connectivity index is 2.08. The summed E-state index contributed by atoms with van der Waals surface area (Å²) in [5, 5.41) is 3.91. The smallest absolute Gasteiger partial charge is 0.213 e. The maximum absolute atomic E-state index is 6.40. The molecule has 4 nitrogen and oxygen atoms in total. The summed E-state index contributed by atoms with van der Waals surface area (Å²) >= 11 is 0. The van der Waals surface area contributed by atoms with Crippen molar-refractivity contribution in [1.82, 2.24) is 10.1 Å². The first-order valence-electron chi connectivity index (χ1n) is 6.17. The summed E-state index contributed by atoms with van der Waals surface area (Å²) in [6.45, 7) is 4.59. The van der Waals surface area contributed by atoms with Crippen LogP contribution in [0.4, 0.5) is 0 Å². The first kappa shape index (κ1) is 11.6. The Kier molecular flexibility index (Phi) is 3.28. The van der Waals surface area contributed by atoms with Crippen molar-refractivity contribution in [3.05, 3.63) is 12.2 Å². The van der Waals surface area contributed by atoms with Crippen LogP contribution in [0.25, 0.3) is 0 Å². The van der Waals surface area contributed by atoms with E-state index < -0.39 is 0 Å². The van der Waals surface area contributed by atoms with Crippen molar-refractivity contribution in [1.29, 1.82) is 0 Å². The monoisotopic (exact) mass is 223 g/mol. The molecular weight excluding hydrogens is 202 g/mol. The largest absolute Gasteiger partial charge is 0.343 e. The van der Waals surface area contributed by atoms with E-state index in [4.69, 9.17) is 10.3 Å². The molecule has 0 bridgehead atoms. The van der Waals surface area contributed by atoms with Crippen LogP contribution in [-0.4, -0.2) is 10.1 Å². The summed E-state index contributed by atoms with van der Waals surface area (Å²) in [6, 6.07) is 0. The normalized spacial score (nSPS) is 31.6. The second-order valence-corrected chi connectivity index (χ2v) is 5.35. The van der Waals surface area contributed by atoms with Crippen LogP contribution in [0.2, 0.25) is 0 Å². The van der Waals surface area contributed by atoms with Gasteiger partial charge in [-0.2, -0.15) is 4.98 Å². The number of nitrogens with zero attached hydrogens (tertiary/aromatic N) is 2. The van der Waals surface area contributed by atoms with Gasteiger partial charge >= 0.3 is 0 Å². The predicted molar refractivity (Wildman–Crippen MR) is 61.6 cm³/mol. The lowest BCUT2D eigenvalue weighted by Crippen LogP contribution is -2.37. The molecular formula is C12H21N3O. The third-order valence-corrected chi connectivity index (χ3v) is 3.91. The van der Waals surface area contributed by atoms with Crippen LogP contribution < -0.4 is 5.73 Å². The zero-order valence-corrected chi connectivity index (χ0v) is 10.1. The Hall–Kier alpha value is -0.900. The lowest BCUT2D eigenvalue weighted by Gasteiger charge is -2.24. The van der Waals surface area contributed by atoms with Gasteiger partial charge < -0.3 is 10.3 Å². The molecule has 1 aromatic rings. The minimum absolute atomic E-state index is 0.364. The minimum atomic E-state index is -0.364. The lowest BCUT2D eigenvalue weighted by molar-refractivity contribution is 0.309. The van der Waals surface area contributed by atoms with E-state index in [0.717, 1.165) is 31.1 Å². The van der Waals surface area contributed by atoms with E-state index in [1.165, 1.54) is 19.2 Å². The Labute approximate surface area is 96.6 Å². The third kappa shape index (κ3) is 2.26. The van der Waals surface area contributed by atoms with E-state index in [2.05, 4.69) is 24.0 Å². The van der Waals surface area contributed by atoms with E-state index >= 15 is 0 Å². The highest BCUT2D eigenvalue weighted by Gasteiger charge is 2.35. The van der Waals surface area contributed by atoms with Crippen LogP contribution in [-0.2, 0) is 5.54 Å². The zero-order valence-electron chi connectivity index (χ0n) is 10.1. The summed E-state index contributed by atoms with van der Waals surface area (Å²) < 4.78 is 4.81. The quantitative estimate of drug-likeness (QED) is 0.782. The second-order valence-electron chi connectivity index (χ2n) is 5.35. The van der Waals surface area contributed by atoms with Crippen molar-refractivity contribution in [3.63, 3.8) is 0 Å². The van der Waals surface area contributed by atoms with Gasteiger partial charge in [-0.1, -0.05) is 31.8 Å². The molecule has 16 heavy (non-hydrogen) atoms. The van der Waals surface area contributed by atoms with E-state index in [9.17, 15) is 0 Å². The van der Waals surface area contributed by atoms with Gasteiger partial charge in [0.25, 0.3) is 0 Å². The van der Waals surface area contributed by atoms with Gasteiger partial charge in [0.1, 0.15) is 0 Å². The molecule has 0 aromatic carbocycles. The summed E-state index contributed by atoms with van der Waals surface area (Å²) in [7, 11) is 0. The molecule has 0 amide bonds. The fourth-order valence-electron chi connectivity index (χ4n) is 2.67. The zero-order chi connectivity index (χ0) is 11.6. The first-order valence-corrected chi connectivity index (χ1v) is 6.17. The van der Waals surface area contributed by atoms with Gasteiger partial charge in [0, 0.05) is 0 Å². The summed E-state index contributed by atoms with van der Waals surface area (Å²) in [5.41, 5.74) is 6.04. The van der Waals surface area contributed by atoms with E-state index in [1.54, 1.807) is 0 Å². The van der Waals surface area contributed by atoms with Gasteiger partial charge in [-0.25, -0.2) is 0 Å². The molecule has 4 heteroatoms. The molecule has 1 saturated carbocycles. The average molecular weight is 223 g/mol. The van der Waals surface area contributed by atoms with E-state index in [-0.39, 0.29) is 5.54 Å². The molecule has 2 atom stereocenters. The van der Waals surface area contributed by atoms with Crippen LogP contribution in [0.15, 0.2) is 10.9 Å². The molecule has 1 aliphatic rings. The number of nitrogens with two attached hydrogens (primary N) is 1. The maximum Gasteiger partial charge on any atom is 0.213 e. The van der Waals surface area contributed by atoms with Gasteiger partial charge in [0.05, 0.1) is 5.54 Å². The van der Waals surface area contributed by atoms with Gasteiger partial charge in [-0.15, -0.1) is 0 Å². The van der Waals surface area contributed by atoms with Crippen molar-refractivity contribution in [2.45, 2.75) is 51.5 Å². The minimum Gasteiger partial charge on any atom is -0.343 e. The number of hydrogen-bond acceptors (Lipinski definition) is 4. The molecule has 1 aliphatic carbocycles. The summed E-state index contributed by atoms with van der Waals surface area (Å²) in [6.07, 6.45) is 6.91. The molecule has 2 rings (SSSR count). The third-order valence-electron chi connectivity index (χ3n) is 3.91. The van der Waals surface area contributed by atoms with Crippen LogP contribution in [0, 0.1) is 11.8 Å². The summed E-state index contributed by atoms with van der Waals surface area (Å²) in [4.78, 5) is 4.12. The highest BCUT2D eigenvalue weighted by molar-refractivity contribution is 5.03. The van der Waals surface area contributed by atoms with Crippen LogP contribution >= 0.6 is 0 Å². The van der Waals surface area contributed by atoms with E-state index in [0.29, 0.717) is 5.82 Å². The molecule has 90 valence electrons. The topological polar surface area (TPSA) is 64.9 Å². The molecule has 0 saturated heterocycles. The standard InChI is InChI=1S/C12H21N3O/c1-9(2)10-4-3-6-12(13,7-5-10)11-14-8-16-15-11/h8-10H,3-7,13H2,1-2H3. The van der Waals surface area contributed by atoms with Gasteiger partial charge in [-0.05, 0) is 31.1 Å². The predicted octanol–water partition coefficient (Wildman–Crippen LogP) is 2.46. The molecule has 0 spiro atoms. The van der Waals surface area contributed by atoms with Crippen molar-refractivity contribution in [2.75, 3.05) is 0 Å². The second kappa shape index (κ2) is 4.53. The number of hydrogen-bond donors (Lipinski definition) is 1. The van der Waals surface area contributed by atoms with Crippen molar-refractivity contribution in [3.8, 4) is 0 Å². The van der Waals surface area contributed by atoms with Crippen LogP contribution in [0.3, 0.4) is 0 Å². The Bertz CT molecular complexity index is 323. The Morgan fingerprint density at radius 3 is 2.88 bits per heavy atom. The molecule has 1 heterocycles. The lowest BCUT2D eigenvalue weighted by atomic mass is 9.87. The highest BCUT2D eigenvalue weighted by Crippen LogP contribution is 2.36. The molecule has 2 N–H and O–H groups in total. The fourth-order valence-corrected chi connectivity index (χ4v) is 2.67. The highest BCUT2D eigenvalue weighted by atomic mass is 16.5. The average Bonchev–Trinajstić information content (AvgIpc) is 2.70. The molecule has 0 aliphatic heterocycles. The fraction of sp³-hybridized carbons (Fsp3) is 0.833. The van der Waals surface area contributed by atoms with Gasteiger partial charge in [-0.3, -0.25) is 0 Å². The molecule has 1 fully saturated rings. The van der Waals surface area contributed by atoms with E-state index in [1.807, 2.05) is 0 Å². The molecule has 1 aromatic heterocycles. The van der Waals surface area contributed by atoms with Crippen molar-refractivity contribution >= 4 is 0 Å². The van der Waals surface area contributed by atoms with Crippen molar-refractivity contribution in [2.24, 2.45) is 17.6 Å². The van der Waals surface area contributed by atoms with Gasteiger partial charge in [0.15, 0.2) is 5.82 Å². The number of aromatic nitrogens is 2. The maximum atomic E-state index is 6.40. The SMILES string of the molecule is CC(C)C1CCCC(N)(c2ncon2)CC1. The van der Waals surface area contributed by atoms with Crippen molar-refractivity contribution < 1.29 is 4.52 Å². The Morgan fingerprint density at radius 2 is 2.25 bits per heavy atom. The molecule has 2 unspecified atom stereocenters. The molecule has 0 radical (unpaired) electrons. The first-order chi connectivity index (χ1) is 7.62.